The van der Waals surface area contributed by atoms with Crippen LogP contribution in [0.1, 0.15) is 5.56 Å². The van der Waals surface area contributed by atoms with Crippen molar-refractivity contribution < 1.29 is 4.39 Å². The molecule has 0 saturated heterocycles. The molecule has 0 aliphatic rings. The molecule has 0 heterocycles. The Morgan fingerprint density at radius 1 is 1.06 bits per heavy atom. The van der Waals surface area contributed by atoms with Crippen LogP contribution in [0.15, 0.2) is 42.5 Å². The summed E-state index contributed by atoms with van der Waals surface area (Å²) in [6.07, 6.45) is 0. The van der Waals surface area contributed by atoms with Crippen LogP contribution >= 0.6 is 11.6 Å². The van der Waals surface area contributed by atoms with E-state index in [-0.39, 0.29) is 5.82 Å². The molecular weight excluding hydrogens is 225 g/mol. The number of benzene rings is 2. The lowest BCUT2D eigenvalue weighted by molar-refractivity contribution is 0.628. The normalized spacial score (nSPS) is 10.4. The van der Waals surface area contributed by atoms with Crippen LogP contribution < -0.4 is 5.73 Å². The largest absolute Gasteiger partial charge is 0.326 e. The lowest BCUT2D eigenvalue weighted by Gasteiger charge is -2.06. The Kier molecular flexibility index (Phi) is 3.22. The van der Waals surface area contributed by atoms with Gasteiger partial charge in [-0.1, -0.05) is 29.8 Å². The van der Waals surface area contributed by atoms with E-state index in [1.807, 2.05) is 18.2 Å². The van der Waals surface area contributed by atoms with Crippen molar-refractivity contribution in [3.05, 3.63) is 58.9 Å². The molecule has 82 valence electrons. The maximum Gasteiger partial charge on any atom is 0.123 e. The number of nitrogens with two attached hydrogens (primary N) is 1. The summed E-state index contributed by atoms with van der Waals surface area (Å²) >= 11 is 5.96. The fraction of sp³-hybridized carbons (Fsp3) is 0.0769. The van der Waals surface area contributed by atoms with Gasteiger partial charge in [0.1, 0.15) is 5.82 Å². The summed E-state index contributed by atoms with van der Waals surface area (Å²) < 4.78 is 13.1. The van der Waals surface area contributed by atoms with Gasteiger partial charge in [-0.25, -0.2) is 4.39 Å². The third-order valence-corrected chi connectivity index (χ3v) is 2.79. The first-order chi connectivity index (χ1) is 7.70. The monoisotopic (exact) mass is 235 g/mol. The molecule has 0 radical (unpaired) electrons. The standard InChI is InChI=1S/C13H11ClFN/c14-13-5-4-10(6-11(13)8-16)9-2-1-3-12(15)7-9/h1-7H,8,16H2. The van der Waals surface area contributed by atoms with E-state index in [4.69, 9.17) is 17.3 Å². The molecule has 2 rings (SSSR count). The Balaban J connectivity index is 2.48. The van der Waals surface area contributed by atoms with Crippen LogP contribution in [0.5, 0.6) is 0 Å². The molecule has 3 heteroatoms. The molecule has 0 amide bonds. The molecule has 0 bridgehead atoms. The predicted molar refractivity (Wildman–Crippen MR) is 64.7 cm³/mol. The minimum Gasteiger partial charge on any atom is -0.326 e. The first-order valence-electron chi connectivity index (χ1n) is 4.95. The zero-order chi connectivity index (χ0) is 11.5. The van der Waals surface area contributed by atoms with Gasteiger partial charge in [-0.3, -0.25) is 0 Å². The van der Waals surface area contributed by atoms with Crippen molar-refractivity contribution >= 4 is 11.6 Å². The van der Waals surface area contributed by atoms with Gasteiger partial charge in [0.15, 0.2) is 0 Å². The van der Waals surface area contributed by atoms with E-state index in [9.17, 15) is 4.39 Å². The van der Waals surface area contributed by atoms with E-state index in [1.165, 1.54) is 12.1 Å². The van der Waals surface area contributed by atoms with Gasteiger partial charge in [0.05, 0.1) is 0 Å². The van der Waals surface area contributed by atoms with E-state index in [2.05, 4.69) is 0 Å². The Labute approximate surface area is 98.7 Å². The molecule has 0 aliphatic carbocycles. The number of hydrogen-bond acceptors (Lipinski definition) is 1. The smallest absolute Gasteiger partial charge is 0.123 e. The average Bonchev–Trinajstić information content (AvgIpc) is 2.29. The summed E-state index contributed by atoms with van der Waals surface area (Å²) in [4.78, 5) is 0. The molecule has 0 aromatic heterocycles. The molecule has 0 spiro atoms. The average molecular weight is 236 g/mol. The minimum atomic E-state index is -0.248. The quantitative estimate of drug-likeness (QED) is 0.846. The summed E-state index contributed by atoms with van der Waals surface area (Å²) in [5.41, 5.74) is 8.18. The molecular formula is C13H11ClFN. The minimum absolute atomic E-state index is 0.248. The van der Waals surface area contributed by atoms with E-state index in [0.29, 0.717) is 11.6 Å². The van der Waals surface area contributed by atoms with Gasteiger partial charge in [0.25, 0.3) is 0 Å². The lowest BCUT2D eigenvalue weighted by Crippen LogP contribution is -1.97. The highest BCUT2D eigenvalue weighted by molar-refractivity contribution is 6.31. The van der Waals surface area contributed by atoms with Crippen molar-refractivity contribution in [2.45, 2.75) is 6.54 Å². The second-order valence-corrected chi connectivity index (χ2v) is 3.93. The van der Waals surface area contributed by atoms with Crippen LogP contribution in [-0.2, 0) is 6.54 Å². The summed E-state index contributed by atoms with van der Waals surface area (Å²) in [6, 6.07) is 12.0. The van der Waals surface area contributed by atoms with Crippen LogP contribution in [0, 0.1) is 5.82 Å². The fourth-order valence-corrected chi connectivity index (χ4v) is 1.77. The molecule has 0 fully saturated rings. The number of rotatable bonds is 2. The Bertz CT molecular complexity index is 511. The van der Waals surface area contributed by atoms with Crippen molar-refractivity contribution in [3.63, 3.8) is 0 Å². The molecule has 16 heavy (non-hydrogen) atoms. The first-order valence-corrected chi connectivity index (χ1v) is 5.33. The van der Waals surface area contributed by atoms with Gasteiger partial charge >= 0.3 is 0 Å². The van der Waals surface area contributed by atoms with Crippen LogP contribution in [0.25, 0.3) is 11.1 Å². The van der Waals surface area contributed by atoms with E-state index in [0.717, 1.165) is 16.7 Å². The fourth-order valence-electron chi connectivity index (χ4n) is 1.58. The zero-order valence-electron chi connectivity index (χ0n) is 8.58. The summed E-state index contributed by atoms with van der Waals surface area (Å²) in [6.45, 7) is 0.377. The van der Waals surface area contributed by atoms with E-state index >= 15 is 0 Å². The summed E-state index contributed by atoms with van der Waals surface area (Å²) in [5, 5.41) is 0.641. The van der Waals surface area contributed by atoms with Crippen LogP contribution in [0.2, 0.25) is 5.02 Å². The van der Waals surface area contributed by atoms with Gasteiger partial charge < -0.3 is 5.73 Å². The molecule has 2 N–H and O–H groups in total. The van der Waals surface area contributed by atoms with E-state index in [1.54, 1.807) is 12.1 Å². The maximum absolute atomic E-state index is 13.1. The SMILES string of the molecule is NCc1cc(-c2cccc(F)c2)ccc1Cl. The maximum atomic E-state index is 13.1. The third kappa shape index (κ3) is 2.23. The van der Waals surface area contributed by atoms with Gasteiger partial charge in [0, 0.05) is 11.6 Å². The van der Waals surface area contributed by atoms with Crippen LogP contribution in [0.3, 0.4) is 0 Å². The van der Waals surface area contributed by atoms with Crippen molar-refractivity contribution in [1.82, 2.24) is 0 Å². The molecule has 2 aromatic rings. The molecule has 0 aliphatic heterocycles. The van der Waals surface area contributed by atoms with Crippen molar-refractivity contribution in [2.24, 2.45) is 5.73 Å². The summed E-state index contributed by atoms with van der Waals surface area (Å²) in [7, 11) is 0. The van der Waals surface area contributed by atoms with Gasteiger partial charge in [-0.2, -0.15) is 0 Å². The lowest BCUT2D eigenvalue weighted by atomic mass is 10.0. The summed E-state index contributed by atoms with van der Waals surface area (Å²) in [5.74, 6) is -0.248. The topological polar surface area (TPSA) is 26.0 Å². The predicted octanol–water partition coefficient (Wildman–Crippen LogP) is 3.60. The van der Waals surface area contributed by atoms with Gasteiger partial charge in [0.2, 0.25) is 0 Å². The van der Waals surface area contributed by atoms with Gasteiger partial charge in [-0.15, -0.1) is 0 Å². The first kappa shape index (κ1) is 11.1. The molecule has 1 nitrogen and oxygen atoms in total. The molecule has 2 aromatic carbocycles. The Morgan fingerprint density at radius 3 is 2.50 bits per heavy atom. The third-order valence-electron chi connectivity index (χ3n) is 2.42. The highest BCUT2D eigenvalue weighted by atomic mass is 35.5. The zero-order valence-corrected chi connectivity index (χ0v) is 9.34. The molecule has 0 saturated carbocycles. The van der Waals surface area contributed by atoms with Crippen molar-refractivity contribution in [2.75, 3.05) is 0 Å². The second-order valence-electron chi connectivity index (χ2n) is 3.52. The highest BCUT2D eigenvalue weighted by Crippen LogP contribution is 2.25. The number of hydrogen-bond donors (Lipinski definition) is 1. The van der Waals surface area contributed by atoms with Crippen molar-refractivity contribution in [1.29, 1.82) is 0 Å². The second kappa shape index (κ2) is 4.64. The Morgan fingerprint density at radius 2 is 1.81 bits per heavy atom. The Hall–Kier alpha value is -1.38. The van der Waals surface area contributed by atoms with Crippen LogP contribution in [-0.4, -0.2) is 0 Å². The molecule has 0 atom stereocenters. The van der Waals surface area contributed by atoms with Gasteiger partial charge in [-0.05, 0) is 41.0 Å². The van der Waals surface area contributed by atoms with E-state index < -0.39 is 0 Å². The van der Waals surface area contributed by atoms with Crippen LogP contribution in [0.4, 0.5) is 4.39 Å². The number of halogens is 2. The molecule has 0 unspecified atom stereocenters. The highest BCUT2D eigenvalue weighted by Gasteiger charge is 2.03. The van der Waals surface area contributed by atoms with Crippen molar-refractivity contribution in [3.8, 4) is 11.1 Å².